The Balaban J connectivity index is 2.01. The molecule has 16 heavy (non-hydrogen) atoms. The average Bonchev–Trinajstić information content (AvgIpc) is 2.70. The fourth-order valence-corrected chi connectivity index (χ4v) is 3.69. The largest absolute Gasteiger partial charge is 0.313 e. The number of nitrogens with one attached hydrogen (secondary N) is 1. The molecule has 1 fully saturated rings. The smallest absolute Gasteiger partial charge is 0.115 e. The number of hydrogen-bond donors (Lipinski definition) is 1. The van der Waals surface area contributed by atoms with Crippen molar-refractivity contribution in [3.63, 3.8) is 0 Å². The van der Waals surface area contributed by atoms with Crippen LogP contribution in [-0.4, -0.2) is 22.8 Å². The second kappa shape index (κ2) is 5.89. The molecular weight excluding hydrogens is 240 g/mol. The maximum absolute atomic E-state index is 6.12. The maximum atomic E-state index is 6.12. The predicted molar refractivity (Wildman–Crippen MR) is 70.2 cm³/mol. The summed E-state index contributed by atoms with van der Waals surface area (Å²) in [4.78, 5) is 4.34. The van der Waals surface area contributed by atoms with Gasteiger partial charge in [-0.2, -0.15) is 0 Å². The van der Waals surface area contributed by atoms with Crippen LogP contribution in [0.5, 0.6) is 0 Å². The van der Waals surface area contributed by atoms with Gasteiger partial charge in [-0.25, -0.2) is 4.98 Å². The third kappa shape index (κ3) is 2.90. The summed E-state index contributed by atoms with van der Waals surface area (Å²) in [6.45, 7) is 3.20. The standard InChI is InChI=1S/C12H17ClN2S/c1-2-14-10-6-3-7-11(10)16-12-9(13)5-4-8-15-12/h4-5,8,10-11,14H,2-3,6-7H2,1H3. The van der Waals surface area contributed by atoms with Crippen LogP contribution in [0.2, 0.25) is 5.02 Å². The summed E-state index contributed by atoms with van der Waals surface area (Å²) < 4.78 is 0. The van der Waals surface area contributed by atoms with Crippen molar-refractivity contribution in [3.05, 3.63) is 23.4 Å². The first-order valence-corrected chi connectivity index (χ1v) is 7.07. The average molecular weight is 257 g/mol. The van der Waals surface area contributed by atoms with Crippen LogP contribution in [0.1, 0.15) is 26.2 Å². The van der Waals surface area contributed by atoms with E-state index in [0.29, 0.717) is 11.3 Å². The van der Waals surface area contributed by atoms with Crippen LogP contribution in [0, 0.1) is 0 Å². The minimum atomic E-state index is 0.618. The van der Waals surface area contributed by atoms with Gasteiger partial charge in [0.25, 0.3) is 0 Å². The van der Waals surface area contributed by atoms with E-state index < -0.39 is 0 Å². The highest BCUT2D eigenvalue weighted by Gasteiger charge is 2.28. The van der Waals surface area contributed by atoms with Crippen molar-refractivity contribution >= 4 is 23.4 Å². The van der Waals surface area contributed by atoms with E-state index in [-0.39, 0.29) is 0 Å². The Hall–Kier alpha value is -0.250. The van der Waals surface area contributed by atoms with E-state index in [9.17, 15) is 0 Å². The van der Waals surface area contributed by atoms with Gasteiger partial charge in [-0.1, -0.05) is 36.7 Å². The molecule has 2 nitrogen and oxygen atoms in total. The molecule has 2 unspecified atom stereocenters. The second-order valence-corrected chi connectivity index (χ2v) is 5.68. The van der Waals surface area contributed by atoms with Crippen LogP contribution >= 0.6 is 23.4 Å². The molecule has 4 heteroatoms. The Morgan fingerprint density at radius 3 is 3.19 bits per heavy atom. The Morgan fingerprint density at radius 2 is 2.44 bits per heavy atom. The lowest BCUT2D eigenvalue weighted by Gasteiger charge is -2.19. The Bertz CT molecular complexity index is 346. The summed E-state index contributed by atoms with van der Waals surface area (Å²) in [5.41, 5.74) is 0. The molecule has 0 saturated heterocycles. The Labute approximate surface area is 106 Å². The molecule has 0 radical (unpaired) electrons. The molecule has 0 aliphatic heterocycles. The zero-order valence-corrected chi connectivity index (χ0v) is 11.0. The highest BCUT2D eigenvalue weighted by molar-refractivity contribution is 8.00. The SMILES string of the molecule is CCNC1CCCC1Sc1ncccc1Cl. The number of rotatable bonds is 4. The van der Waals surface area contributed by atoms with Crippen molar-refractivity contribution in [2.24, 2.45) is 0 Å². The van der Waals surface area contributed by atoms with Gasteiger partial charge in [0.2, 0.25) is 0 Å². The third-order valence-corrected chi connectivity index (χ3v) is 4.74. The fourth-order valence-electron chi connectivity index (χ4n) is 2.16. The van der Waals surface area contributed by atoms with Gasteiger partial charge in [-0.05, 0) is 31.5 Å². The van der Waals surface area contributed by atoms with Crippen LogP contribution in [0.4, 0.5) is 0 Å². The quantitative estimate of drug-likeness (QED) is 0.894. The van der Waals surface area contributed by atoms with Gasteiger partial charge >= 0.3 is 0 Å². The number of hydrogen-bond acceptors (Lipinski definition) is 3. The van der Waals surface area contributed by atoms with Crippen LogP contribution in [0.25, 0.3) is 0 Å². The van der Waals surface area contributed by atoms with Crippen molar-refractivity contribution in [1.82, 2.24) is 10.3 Å². The first-order chi connectivity index (χ1) is 7.81. The van der Waals surface area contributed by atoms with E-state index in [4.69, 9.17) is 11.6 Å². The number of thioether (sulfide) groups is 1. The minimum Gasteiger partial charge on any atom is -0.313 e. The normalized spacial score (nSPS) is 24.9. The van der Waals surface area contributed by atoms with Crippen molar-refractivity contribution in [3.8, 4) is 0 Å². The van der Waals surface area contributed by atoms with E-state index in [0.717, 1.165) is 16.6 Å². The monoisotopic (exact) mass is 256 g/mol. The molecule has 0 aromatic carbocycles. The predicted octanol–water partition coefficient (Wildman–Crippen LogP) is 3.36. The van der Waals surface area contributed by atoms with Gasteiger partial charge < -0.3 is 5.32 Å². The van der Waals surface area contributed by atoms with E-state index in [2.05, 4.69) is 17.2 Å². The minimum absolute atomic E-state index is 0.618. The molecule has 1 aromatic rings. The zero-order valence-electron chi connectivity index (χ0n) is 9.45. The molecule has 0 spiro atoms. The molecule has 0 amide bonds. The van der Waals surface area contributed by atoms with Gasteiger partial charge in [-0.15, -0.1) is 0 Å². The lowest BCUT2D eigenvalue weighted by atomic mass is 10.2. The first kappa shape index (κ1) is 12.2. The summed E-state index contributed by atoms with van der Waals surface area (Å²) in [6, 6.07) is 4.41. The van der Waals surface area contributed by atoms with Crippen LogP contribution in [0.15, 0.2) is 23.4 Å². The molecular formula is C12H17ClN2S. The number of halogens is 1. The van der Waals surface area contributed by atoms with Gasteiger partial charge in [0.05, 0.1) is 5.02 Å². The topological polar surface area (TPSA) is 24.9 Å². The Morgan fingerprint density at radius 1 is 1.56 bits per heavy atom. The molecule has 1 saturated carbocycles. The number of aromatic nitrogens is 1. The molecule has 1 aliphatic rings. The lowest BCUT2D eigenvalue weighted by molar-refractivity contribution is 0.550. The van der Waals surface area contributed by atoms with Gasteiger partial charge in [-0.3, -0.25) is 0 Å². The third-order valence-electron chi connectivity index (χ3n) is 2.91. The summed E-state index contributed by atoms with van der Waals surface area (Å²) in [7, 11) is 0. The van der Waals surface area contributed by atoms with E-state index in [1.165, 1.54) is 19.3 Å². The molecule has 88 valence electrons. The van der Waals surface area contributed by atoms with Crippen LogP contribution in [0.3, 0.4) is 0 Å². The van der Waals surface area contributed by atoms with E-state index in [1.807, 2.05) is 30.1 Å². The Kier molecular flexibility index (Phi) is 4.50. The van der Waals surface area contributed by atoms with Gasteiger partial charge in [0, 0.05) is 17.5 Å². The highest BCUT2D eigenvalue weighted by atomic mass is 35.5. The van der Waals surface area contributed by atoms with Gasteiger partial charge in [0.1, 0.15) is 5.03 Å². The summed E-state index contributed by atoms with van der Waals surface area (Å²) in [5, 5.41) is 5.90. The molecule has 0 bridgehead atoms. The summed E-state index contributed by atoms with van der Waals surface area (Å²) >= 11 is 7.94. The second-order valence-electron chi connectivity index (χ2n) is 4.04. The first-order valence-electron chi connectivity index (χ1n) is 5.82. The maximum Gasteiger partial charge on any atom is 0.115 e. The molecule has 1 aromatic heterocycles. The summed E-state index contributed by atoms with van der Waals surface area (Å²) in [5.74, 6) is 0. The zero-order chi connectivity index (χ0) is 11.4. The molecule has 2 atom stereocenters. The van der Waals surface area contributed by atoms with Crippen LogP contribution in [-0.2, 0) is 0 Å². The lowest BCUT2D eigenvalue weighted by Crippen LogP contribution is -2.33. The molecule has 1 heterocycles. The molecule has 1 N–H and O–H groups in total. The highest BCUT2D eigenvalue weighted by Crippen LogP contribution is 2.36. The van der Waals surface area contributed by atoms with Crippen molar-refractivity contribution < 1.29 is 0 Å². The van der Waals surface area contributed by atoms with Crippen molar-refractivity contribution in [2.45, 2.75) is 42.5 Å². The fraction of sp³-hybridized carbons (Fsp3) is 0.583. The van der Waals surface area contributed by atoms with Crippen LogP contribution < -0.4 is 5.32 Å². The van der Waals surface area contributed by atoms with E-state index >= 15 is 0 Å². The number of pyridine rings is 1. The molecule has 2 rings (SSSR count). The number of nitrogens with zero attached hydrogens (tertiary/aromatic N) is 1. The van der Waals surface area contributed by atoms with Crippen molar-refractivity contribution in [2.75, 3.05) is 6.54 Å². The summed E-state index contributed by atoms with van der Waals surface area (Å²) in [6.07, 6.45) is 5.65. The van der Waals surface area contributed by atoms with E-state index in [1.54, 1.807) is 0 Å². The molecule has 1 aliphatic carbocycles. The van der Waals surface area contributed by atoms with Gasteiger partial charge in [0.15, 0.2) is 0 Å². The van der Waals surface area contributed by atoms with Crippen molar-refractivity contribution in [1.29, 1.82) is 0 Å².